The molecule has 4 rings (SSSR count). The molecule has 2 N–H and O–H groups in total. The van der Waals surface area contributed by atoms with E-state index in [1.807, 2.05) is 66.7 Å². The van der Waals surface area contributed by atoms with Crippen molar-refractivity contribution in [2.45, 2.75) is 38.1 Å². The van der Waals surface area contributed by atoms with Crippen molar-refractivity contribution in [1.82, 2.24) is 5.32 Å². The van der Waals surface area contributed by atoms with Crippen LogP contribution in [-0.4, -0.2) is 34.7 Å². The van der Waals surface area contributed by atoms with E-state index in [1.54, 1.807) is 6.92 Å². The Morgan fingerprint density at radius 1 is 1.00 bits per heavy atom. The van der Waals surface area contributed by atoms with Gasteiger partial charge in [-0.3, -0.25) is 4.79 Å². The zero-order chi connectivity index (χ0) is 23.4. The standard InChI is InChI=1S/C27H28Cl2N2O2/c1-19(32)30-26(21-10-6-3-7-11-21)27(22-12-13-24(28)25(29)16-22)31(15-14-23(33)18-31)17-20-8-4-2-5-9-20/h2-13,16,23,26-27,33H,14-15,17-18H2,1H3/p+1/t23-,26-,27?,31?/m0/s1. The molecule has 1 aliphatic heterocycles. The molecule has 3 aromatic carbocycles. The fourth-order valence-electron chi connectivity index (χ4n) is 5.20. The second-order valence-electron chi connectivity index (χ2n) is 8.92. The molecule has 4 nitrogen and oxygen atoms in total. The Kier molecular flexibility index (Phi) is 7.40. The SMILES string of the molecule is CC(=O)N[C@@H](c1ccccc1)C(c1ccc(Cl)c(Cl)c1)[N+]1(Cc2ccccc2)CC[C@H](O)C1. The molecule has 0 radical (unpaired) electrons. The summed E-state index contributed by atoms with van der Waals surface area (Å²) in [6.45, 7) is 3.64. The molecule has 6 heteroatoms. The molecule has 0 bridgehead atoms. The average Bonchev–Trinajstić information content (AvgIpc) is 3.17. The van der Waals surface area contributed by atoms with Crippen LogP contribution in [0.25, 0.3) is 0 Å². The highest BCUT2D eigenvalue weighted by Crippen LogP contribution is 2.45. The Morgan fingerprint density at radius 3 is 2.24 bits per heavy atom. The Balaban J connectivity index is 1.91. The maximum absolute atomic E-state index is 12.4. The number of carbonyl (C=O) groups is 1. The molecule has 0 saturated carbocycles. The second-order valence-corrected chi connectivity index (χ2v) is 9.73. The summed E-state index contributed by atoms with van der Waals surface area (Å²) in [7, 11) is 0. The van der Waals surface area contributed by atoms with Gasteiger partial charge in [-0.1, -0.05) is 89.9 Å². The number of hydrogen-bond donors (Lipinski definition) is 2. The lowest BCUT2D eigenvalue weighted by Gasteiger charge is -2.45. The molecule has 3 aromatic rings. The predicted octanol–water partition coefficient (Wildman–Crippen LogP) is 5.69. The Morgan fingerprint density at radius 2 is 1.67 bits per heavy atom. The van der Waals surface area contributed by atoms with Crippen LogP contribution in [0, 0.1) is 0 Å². The van der Waals surface area contributed by atoms with E-state index in [-0.39, 0.29) is 18.0 Å². The number of amides is 1. The van der Waals surface area contributed by atoms with E-state index < -0.39 is 6.10 Å². The molecule has 4 atom stereocenters. The topological polar surface area (TPSA) is 49.3 Å². The first-order chi connectivity index (χ1) is 15.9. The molecule has 1 heterocycles. The summed E-state index contributed by atoms with van der Waals surface area (Å²) in [5.41, 5.74) is 3.18. The molecule has 2 unspecified atom stereocenters. The summed E-state index contributed by atoms with van der Waals surface area (Å²) in [5, 5.41) is 14.9. The molecule has 172 valence electrons. The number of benzene rings is 3. The monoisotopic (exact) mass is 483 g/mol. The van der Waals surface area contributed by atoms with E-state index in [4.69, 9.17) is 23.2 Å². The Bertz CT molecular complexity index is 1090. The fraction of sp³-hybridized carbons (Fsp3) is 0.296. The summed E-state index contributed by atoms with van der Waals surface area (Å²) in [6, 6.07) is 25.5. The van der Waals surface area contributed by atoms with Gasteiger partial charge in [0.25, 0.3) is 0 Å². The van der Waals surface area contributed by atoms with E-state index in [9.17, 15) is 9.90 Å². The van der Waals surface area contributed by atoms with E-state index in [1.165, 1.54) is 5.56 Å². The van der Waals surface area contributed by atoms with Crippen molar-refractivity contribution in [1.29, 1.82) is 0 Å². The third kappa shape index (κ3) is 5.42. The molecule has 1 fully saturated rings. The number of likely N-dealkylation sites (tertiary alicyclic amines) is 1. The van der Waals surface area contributed by atoms with Crippen LogP contribution >= 0.6 is 23.2 Å². The average molecular weight is 484 g/mol. The van der Waals surface area contributed by atoms with Crippen molar-refractivity contribution in [3.8, 4) is 0 Å². The fourth-order valence-corrected chi connectivity index (χ4v) is 5.50. The quantitative estimate of drug-likeness (QED) is 0.423. The van der Waals surface area contributed by atoms with Crippen molar-refractivity contribution in [2.75, 3.05) is 13.1 Å². The summed E-state index contributed by atoms with van der Waals surface area (Å²) in [4.78, 5) is 12.4. The third-order valence-electron chi connectivity index (χ3n) is 6.53. The van der Waals surface area contributed by atoms with Gasteiger partial charge < -0.3 is 14.9 Å². The van der Waals surface area contributed by atoms with Crippen LogP contribution in [0.15, 0.2) is 78.9 Å². The Labute approximate surface area is 205 Å². The van der Waals surface area contributed by atoms with E-state index in [0.29, 0.717) is 27.5 Å². The number of carbonyl (C=O) groups excluding carboxylic acids is 1. The highest BCUT2D eigenvalue weighted by molar-refractivity contribution is 6.42. The van der Waals surface area contributed by atoms with E-state index >= 15 is 0 Å². The van der Waals surface area contributed by atoms with Gasteiger partial charge in [-0.15, -0.1) is 0 Å². The van der Waals surface area contributed by atoms with Crippen molar-refractivity contribution in [3.63, 3.8) is 0 Å². The molecule has 1 saturated heterocycles. The lowest BCUT2D eigenvalue weighted by Crippen LogP contribution is -2.53. The first-order valence-electron chi connectivity index (χ1n) is 11.2. The van der Waals surface area contributed by atoms with Crippen LogP contribution in [0.5, 0.6) is 0 Å². The van der Waals surface area contributed by atoms with Crippen LogP contribution in [0.2, 0.25) is 10.0 Å². The van der Waals surface area contributed by atoms with Gasteiger partial charge in [0.05, 0.1) is 16.6 Å². The highest BCUT2D eigenvalue weighted by Gasteiger charge is 2.49. The van der Waals surface area contributed by atoms with Crippen LogP contribution < -0.4 is 5.32 Å². The number of hydrogen-bond acceptors (Lipinski definition) is 2. The molecule has 33 heavy (non-hydrogen) atoms. The normalized spacial score (nSPS) is 22.0. The summed E-state index contributed by atoms with van der Waals surface area (Å²) < 4.78 is 0.600. The minimum atomic E-state index is -0.410. The minimum absolute atomic E-state index is 0.105. The van der Waals surface area contributed by atoms with Crippen LogP contribution in [0.4, 0.5) is 0 Å². The van der Waals surface area contributed by atoms with Crippen LogP contribution in [-0.2, 0) is 11.3 Å². The largest absolute Gasteiger partial charge is 0.387 e. The smallest absolute Gasteiger partial charge is 0.217 e. The van der Waals surface area contributed by atoms with Crippen molar-refractivity contribution in [2.24, 2.45) is 0 Å². The van der Waals surface area contributed by atoms with Gasteiger partial charge in [0.1, 0.15) is 31.3 Å². The minimum Gasteiger partial charge on any atom is -0.387 e. The first-order valence-corrected chi connectivity index (χ1v) is 12.0. The zero-order valence-electron chi connectivity index (χ0n) is 18.6. The van der Waals surface area contributed by atoms with Gasteiger partial charge in [-0.2, -0.15) is 0 Å². The van der Waals surface area contributed by atoms with E-state index in [0.717, 1.165) is 24.2 Å². The van der Waals surface area contributed by atoms with Gasteiger partial charge in [-0.25, -0.2) is 0 Å². The number of nitrogens with one attached hydrogen (secondary N) is 1. The molecule has 0 spiro atoms. The number of quaternary nitrogens is 1. The number of aliphatic hydroxyl groups is 1. The molecule has 1 amide bonds. The summed E-state index contributed by atoms with van der Waals surface area (Å²) in [6.07, 6.45) is 0.291. The number of nitrogens with zero attached hydrogens (tertiary/aromatic N) is 1. The number of halogens is 2. The highest BCUT2D eigenvalue weighted by atomic mass is 35.5. The maximum Gasteiger partial charge on any atom is 0.217 e. The van der Waals surface area contributed by atoms with Crippen molar-refractivity contribution >= 4 is 29.1 Å². The second kappa shape index (κ2) is 10.3. The third-order valence-corrected chi connectivity index (χ3v) is 7.27. The van der Waals surface area contributed by atoms with Crippen LogP contribution in [0.3, 0.4) is 0 Å². The van der Waals surface area contributed by atoms with Crippen LogP contribution in [0.1, 0.15) is 42.1 Å². The Hall–Kier alpha value is -2.37. The number of aliphatic hydroxyl groups excluding tert-OH is 1. The van der Waals surface area contributed by atoms with Crippen molar-refractivity contribution < 1.29 is 14.4 Å². The summed E-state index contributed by atoms with van der Waals surface area (Å²) in [5.74, 6) is -0.105. The summed E-state index contributed by atoms with van der Waals surface area (Å²) >= 11 is 12.7. The lowest BCUT2D eigenvalue weighted by molar-refractivity contribution is -0.962. The van der Waals surface area contributed by atoms with Crippen molar-refractivity contribution in [3.05, 3.63) is 106 Å². The zero-order valence-corrected chi connectivity index (χ0v) is 20.1. The van der Waals surface area contributed by atoms with Gasteiger partial charge in [-0.05, 0) is 17.7 Å². The predicted molar refractivity (Wildman–Crippen MR) is 133 cm³/mol. The molecule has 1 aliphatic rings. The first kappa shape index (κ1) is 23.8. The van der Waals surface area contributed by atoms with Gasteiger partial charge in [0.2, 0.25) is 5.91 Å². The maximum atomic E-state index is 12.4. The molecule has 0 aliphatic carbocycles. The molecule has 0 aromatic heterocycles. The van der Waals surface area contributed by atoms with Gasteiger partial charge >= 0.3 is 0 Å². The number of rotatable bonds is 7. The molecular formula is C27H29Cl2N2O2+. The van der Waals surface area contributed by atoms with E-state index in [2.05, 4.69) is 17.4 Å². The van der Waals surface area contributed by atoms with Gasteiger partial charge in [0.15, 0.2) is 0 Å². The van der Waals surface area contributed by atoms with Gasteiger partial charge in [0, 0.05) is 24.5 Å². The lowest BCUT2D eigenvalue weighted by atomic mass is 9.89. The molecular weight excluding hydrogens is 455 g/mol.